The highest BCUT2D eigenvalue weighted by atomic mass is 16.1. The Balaban J connectivity index is 1.96. The van der Waals surface area contributed by atoms with Gasteiger partial charge in [0.25, 0.3) is 5.56 Å². The molecule has 0 radical (unpaired) electrons. The maximum atomic E-state index is 11.9. The van der Waals surface area contributed by atoms with Crippen molar-refractivity contribution >= 4 is 0 Å². The summed E-state index contributed by atoms with van der Waals surface area (Å²) in [4.78, 5) is 16.0. The predicted molar refractivity (Wildman–Crippen MR) is 82.1 cm³/mol. The second-order valence-electron chi connectivity index (χ2n) is 5.01. The van der Waals surface area contributed by atoms with Crippen molar-refractivity contribution in [1.82, 2.24) is 15.2 Å². The minimum Gasteiger partial charge on any atom is -0.268 e. The number of hydrogen-bond acceptors (Lipinski definition) is 3. The molecule has 0 saturated heterocycles. The van der Waals surface area contributed by atoms with Gasteiger partial charge < -0.3 is 0 Å². The highest BCUT2D eigenvalue weighted by Crippen LogP contribution is 2.17. The molecule has 0 unspecified atom stereocenters. The number of rotatable bonds is 3. The number of aromatic nitrogens is 3. The summed E-state index contributed by atoms with van der Waals surface area (Å²) in [6.45, 7) is 2.04. The van der Waals surface area contributed by atoms with Crippen molar-refractivity contribution in [3.8, 4) is 11.3 Å². The van der Waals surface area contributed by atoms with Gasteiger partial charge in [-0.1, -0.05) is 35.9 Å². The van der Waals surface area contributed by atoms with E-state index in [1.165, 1.54) is 5.56 Å². The zero-order chi connectivity index (χ0) is 14.7. The Morgan fingerprint density at radius 1 is 1.14 bits per heavy atom. The van der Waals surface area contributed by atoms with Crippen LogP contribution in [0.4, 0.5) is 0 Å². The Bertz CT molecular complexity index is 792. The van der Waals surface area contributed by atoms with Crippen molar-refractivity contribution in [2.45, 2.75) is 13.3 Å². The average Bonchev–Trinajstić information content (AvgIpc) is 2.51. The van der Waals surface area contributed by atoms with Gasteiger partial charge in [0, 0.05) is 29.9 Å². The quantitative estimate of drug-likeness (QED) is 0.800. The van der Waals surface area contributed by atoms with Gasteiger partial charge in [0.2, 0.25) is 0 Å². The minimum absolute atomic E-state index is 0.158. The van der Waals surface area contributed by atoms with Gasteiger partial charge in [-0.25, -0.2) is 5.10 Å². The van der Waals surface area contributed by atoms with Gasteiger partial charge >= 0.3 is 0 Å². The third-order valence-corrected chi connectivity index (χ3v) is 3.35. The Kier molecular flexibility index (Phi) is 3.60. The van der Waals surface area contributed by atoms with Crippen molar-refractivity contribution in [3.63, 3.8) is 0 Å². The maximum absolute atomic E-state index is 11.9. The van der Waals surface area contributed by atoms with Crippen LogP contribution < -0.4 is 5.56 Å². The molecule has 0 bridgehead atoms. The van der Waals surface area contributed by atoms with E-state index in [1.54, 1.807) is 12.4 Å². The van der Waals surface area contributed by atoms with Crippen LogP contribution in [-0.2, 0) is 6.42 Å². The van der Waals surface area contributed by atoms with E-state index >= 15 is 0 Å². The van der Waals surface area contributed by atoms with Gasteiger partial charge in [0.05, 0.1) is 5.69 Å². The van der Waals surface area contributed by atoms with Crippen LogP contribution in [0.1, 0.15) is 16.7 Å². The molecule has 0 aliphatic rings. The summed E-state index contributed by atoms with van der Waals surface area (Å²) in [5, 5.41) is 6.70. The van der Waals surface area contributed by atoms with E-state index in [0.717, 1.165) is 16.8 Å². The molecule has 104 valence electrons. The molecule has 4 nitrogen and oxygen atoms in total. The molecule has 3 rings (SSSR count). The Labute approximate surface area is 122 Å². The second kappa shape index (κ2) is 5.71. The zero-order valence-corrected chi connectivity index (χ0v) is 11.7. The van der Waals surface area contributed by atoms with Crippen molar-refractivity contribution < 1.29 is 0 Å². The summed E-state index contributed by atoms with van der Waals surface area (Å²) in [6.07, 6.45) is 4.04. The lowest BCUT2D eigenvalue weighted by Gasteiger charge is -2.04. The molecule has 2 aromatic heterocycles. The van der Waals surface area contributed by atoms with Gasteiger partial charge in [-0.15, -0.1) is 0 Å². The van der Waals surface area contributed by atoms with Crippen LogP contribution in [0.3, 0.4) is 0 Å². The number of nitrogens with one attached hydrogen (secondary N) is 1. The molecule has 2 heterocycles. The molecule has 0 spiro atoms. The van der Waals surface area contributed by atoms with Crippen LogP contribution in [0, 0.1) is 6.92 Å². The number of H-pyrrole nitrogens is 1. The molecule has 0 amide bonds. The van der Waals surface area contributed by atoms with E-state index in [4.69, 9.17) is 0 Å². The van der Waals surface area contributed by atoms with E-state index in [2.05, 4.69) is 15.2 Å². The summed E-state index contributed by atoms with van der Waals surface area (Å²) >= 11 is 0. The number of aryl methyl sites for hydroxylation is 1. The second-order valence-corrected chi connectivity index (χ2v) is 5.01. The number of hydrogen-bond donors (Lipinski definition) is 1. The number of nitrogens with zero attached hydrogens (tertiary/aromatic N) is 2. The SMILES string of the molecule is Cc1ccc(-c2cc(Cc3cccnc3)c(=O)[nH]n2)cc1. The van der Waals surface area contributed by atoms with Gasteiger partial charge in [0.15, 0.2) is 0 Å². The summed E-state index contributed by atoms with van der Waals surface area (Å²) in [5.74, 6) is 0. The monoisotopic (exact) mass is 277 g/mol. The molecule has 0 aliphatic carbocycles. The zero-order valence-electron chi connectivity index (χ0n) is 11.7. The number of benzene rings is 1. The first-order valence-corrected chi connectivity index (χ1v) is 6.77. The maximum Gasteiger partial charge on any atom is 0.267 e. The molecular formula is C17H15N3O. The van der Waals surface area contributed by atoms with Crippen LogP contribution in [0.5, 0.6) is 0 Å². The molecular weight excluding hydrogens is 262 g/mol. The van der Waals surface area contributed by atoms with Crippen LogP contribution in [-0.4, -0.2) is 15.2 Å². The first kappa shape index (κ1) is 13.2. The standard InChI is InChI=1S/C17H15N3O/c1-12-4-6-14(7-5-12)16-10-15(17(21)20-19-16)9-13-3-2-8-18-11-13/h2-8,10-11H,9H2,1H3,(H,20,21). The molecule has 4 heteroatoms. The van der Waals surface area contributed by atoms with Gasteiger partial charge in [-0.2, -0.15) is 5.10 Å². The van der Waals surface area contributed by atoms with Crippen LogP contribution in [0.15, 0.2) is 59.7 Å². The predicted octanol–water partition coefficient (Wildman–Crippen LogP) is 2.73. The number of pyridine rings is 1. The average molecular weight is 277 g/mol. The molecule has 0 fully saturated rings. The molecule has 0 atom stereocenters. The van der Waals surface area contributed by atoms with Crippen LogP contribution >= 0.6 is 0 Å². The van der Waals surface area contributed by atoms with Crippen molar-refractivity contribution in [2.75, 3.05) is 0 Å². The lowest BCUT2D eigenvalue weighted by Crippen LogP contribution is -2.15. The molecule has 0 aliphatic heterocycles. The van der Waals surface area contributed by atoms with Crippen LogP contribution in [0.25, 0.3) is 11.3 Å². The smallest absolute Gasteiger partial charge is 0.267 e. The fourth-order valence-corrected chi connectivity index (χ4v) is 2.17. The van der Waals surface area contributed by atoms with Gasteiger partial charge in [-0.3, -0.25) is 9.78 Å². The Morgan fingerprint density at radius 2 is 1.95 bits per heavy atom. The lowest BCUT2D eigenvalue weighted by molar-refractivity contribution is 0.953. The first-order valence-electron chi connectivity index (χ1n) is 6.77. The third kappa shape index (κ3) is 3.05. The van der Waals surface area contributed by atoms with Crippen molar-refractivity contribution in [3.05, 3.63) is 81.9 Å². The van der Waals surface area contributed by atoms with E-state index in [1.807, 2.05) is 49.4 Å². The highest BCUT2D eigenvalue weighted by Gasteiger charge is 2.06. The molecule has 0 saturated carbocycles. The van der Waals surface area contributed by atoms with Crippen molar-refractivity contribution in [2.24, 2.45) is 0 Å². The molecule has 21 heavy (non-hydrogen) atoms. The molecule has 1 aromatic carbocycles. The highest BCUT2D eigenvalue weighted by molar-refractivity contribution is 5.59. The van der Waals surface area contributed by atoms with E-state index in [-0.39, 0.29) is 5.56 Å². The number of aromatic amines is 1. The Morgan fingerprint density at radius 3 is 2.67 bits per heavy atom. The summed E-state index contributed by atoms with van der Waals surface area (Å²) in [5.41, 5.74) is 4.49. The largest absolute Gasteiger partial charge is 0.268 e. The van der Waals surface area contributed by atoms with Crippen molar-refractivity contribution in [1.29, 1.82) is 0 Å². The van der Waals surface area contributed by atoms with E-state index < -0.39 is 0 Å². The molecule has 1 N–H and O–H groups in total. The van der Waals surface area contributed by atoms with E-state index in [0.29, 0.717) is 12.0 Å². The molecule has 3 aromatic rings. The minimum atomic E-state index is -0.158. The third-order valence-electron chi connectivity index (χ3n) is 3.35. The fourth-order valence-electron chi connectivity index (χ4n) is 2.17. The normalized spacial score (nSPS) is 10.5. The lowest BCUT2D eigenvalue weighted by atomic mass is 10.0. The van der Waals surface area contributed by atoms with E-state index in [9.17, 15) is 4.79 Å². The summed E-state index contributed by atoms with van der Waals surface area (Å²) < 4.78 is 0. The Hall–Kier alpha value is -2.75. The summed E-state index contributed by atoms with van der Waals surface area (Å²) in [7, 11) is 0. The van der Waals surface area contributed by atoms with Gasteiger partial charge in [0.1, 0.15) is 0 Å². The fraction of sp³-hybridized carbons (Fsp3) is 0.118. The first-order chi connectivity index (χ1) is 10.2. The van der Waals surface area contributed by atoms with Gasteiger partial charge in [-0.05, 0) is 24.6 Å². The van der Waals surface area contributed by atoms with Crippen LogP contribution in [0.2, 0.25) is 0 Å². The topological polar surface area (TPSA) is 58.6 Å². The summed E-state index contributed by atoms with van der Waals surface area (Å²) in [6, 6.07) is 13.7.